The second kappa shape index (κ2) is 9.04. The summed E-state index contributed by atoms with van der Waals surface area (Å²) in [4.78, 5) is 0. The second-order valence-corrected chi connectivity index (χ2v) is 6.85. The smallest absolute Gasteiger partial charge is 0.0940 e. The highest BCUT2D eigenvalue weighted by Crippen LogP contribution is 2.39. The Morgan fingerprint density at radius 3 is 2.35 bits per heavy atom. The van der Waals surface area contributed by atoms with E-state index in [2.05, 4.69) is 27.7 Å². The van der Waals surface area contributed by atoms with E-state index in [1.165, 1.54) is 38.5 Å². The van der Waals surface area contributed by atoms with Crippen LogP contribution >= 0.6 is 0 Å². The van der Waals surface area contributed by atoms with Gasteiger partial charge in [-0.1, -0.05) is 46.5 Å². The van der Waals surface area contributed by atoms with Gasteiger partial charge in [0, 0.05) is 6.61 Å². The third-order valence-electron chi connectivity index (χ3n) is 5.26. The van der Waals surface area contributed by atoms with Crippen LogP contribution in [0.15, 0.2) is 0 Å². The SMILES string of the molecule is CCCCC(CC)CC(O)C1(OCC)CCC(C)CC1. The number of aliphatic hydroxyl groups excluding tert-OH is 1. The van der Waals surface area contributed by atoms with Crippen molar-refractivity contribution < 1.29 is 9.84 Å². The molecule has 0 amide bonds. The van der Waals surface area contributed by atoms with Crippen LogP contribution in [0.5, 0.6) is 0 Å². The van der Waals surface area contributed by atoms with Crippen LogP contribution in [0.25, 0.3) is 0 Å². The first-order valence-corrected chi connectivity index (χ1v) is 8.89. The molecule has 0 bridgehead atoms. The summed E-state index contributed by atoms with van der Waals surface area (Å²) in [5.74, 6) is 1.44. The van der Waals surface area contributed by atoms with Gasteiger partial charge in [-0.15, -0.1) is 0 Å². The third kappa shape index (κ3) is 5.04. The fourth-order valence-electron chi connectivity index (χ4n) is 3.62. The van der Waals surface area contributed by atoms with E-state index in [0.29, 0.717) is 5.92 Å². The summed E-state index contributed by atoms with van der Waals surface area (Å²) in [6, 6.07) is 0. The van der Waals surface area contributed by atoms with Gasteiger partial charge in [0.25, 0.3) is 0 Å². The minimum atomic E-state index is -0.281. The van der Waals surface area contributed by atoms with Crippen LogP contribution in [0.3, 0.4) is 0 Å². The van der Waals surface area contributed by atoms with Crippen LogP contribution in [0.2, 0.25) is 0 Å². The molecule has 0 spiro atoms. The van der Waals surface area contributed by atoms with E-state index >= 15 is 0 Å². The first-order chi connectivity index (χ1) is 9.57. The molecule has 1 saturated carbocycles. The molecule has 1 aliphatic rings. The molecule has 120 valence electrons. The molecule has 0 aliphatic heterocycles. The van der Waals surface area contributed by atoms with Crippen LogP contribution in [0, 0.1) is 11.8 Å². The summed E-state index contributed by atoms with van der Waals surface area (Å²) in [6.45, 7) is 9.59. The van der Waals surface area contributed by atoms with Crippen LogP contribution in [0.1, 0.15) is 85.5 Å². The van der Waals surface area contributed by atoms with Gasteiger partial charge in [0.1, 0.15) is 0 Å². The summed E-state index contributed by atoms with van der Waals surface area (Å²) in [5, 5.41) is 10.8. The largest absolute Gasteiger partial charge is 0.390 e. The van der Waals surface area contributed by atoms with Gasteiger partial charge in [0.05, 0.1) is 11.7 Å². The van der Waals surface area contributed by atoms with Gasteiger partial charge in [0.2, 0.25) is 0 Å². The van der Waals surface area contributed by atoms with E-state index in [1.54, 1.807) is 0 Å². The molecule has 1 rings (SSSR count). The maximum atomic E-state index is 10.8. The molecule has 0 aromatic carbocycles. The van der Waals surface area contributed by atoms with Gasteiger partial charge in [-0.3, -0.25) is 0 Å². The molecular weight excluding hydrogens is 248 g/mol. The van der Waals surface area contributed by atoms with Gasteiger partial charge >= 0.3 is 0 Å². The lowest BCUT2D eigenvalue weighted by atomic mass is 9.73. The van der Waals surface area contributed by atoms with Gasteiger partial charge in [-0.25, -0.2) is 0 Å². The van der Waals surface area contributed by atoms with E-state index in [4.69, 9.17) is 4.74 Å². The zero-order valence-corrected chi connectivity index (χ0v) is 14.2. The molecule has 1 N–H and O–H groups in total. The monoisotopic (exact) mass is 284 g/mol. The van der Waals surface area contributed by atoms with E-state index in [0.717, 1.165) is 31.8 Å². The second-order valence-electron chi connectivity index (χ2n) is 6.85. The van der Waals surface area contributed by atoms with Crippen molar-refractivity contribution >= 4 is 0 Å². The highest BCUT2D eigenvalue weighted by atomic mass is 16.5. The molecule has 0 radical (unpaired) electrons. The van der Waals surface area contributed by atoms with Crippen molar-refractivity contribution in [2.45, 2.75) is 97.2 Å². The Morgan fingerprint density at radius 1 is 1.20 bits per heavy atom. The predicted octanol–water partition coefficient (Wildman–Crippen LogP) is 4.94. The molecule has 0 heterocycles. The number of hydrogen-bond donors (Lipinski definition) is 1. The fourth-order valence-corrected chi connectivity index (χ4v) is 3.62. The number of rotatable bonds is 9. The Kier molecular flexibility index (Phi) is 8.13. The third-order valence-corrected chi connectivity index (χ3v) is 5.26. The molecule has 1 fully saturated rings. The Bertz CT molecular complexity index is 244. The average molecular weight is 284 g/mol. The van der Waals surface area contributed by atoms with Crippen molar-refractivity contribution in [2.75, 3.05) is 6.61 Å². The van der Waals surface area contributed by atoms with Gasteiger partial charge < -0.3 is 9.84 Å². The number of hydrogen-bond acceptors (Lipinski definition) is 2. The maximum absolute atomic E-state index is 10.8. The van der Waals surface area contributed by atoms with E-state index in [1.807, 2.05) is 0 Å². The van der Waals surface area contributed by atoms with E-state index < -0.39 is 0 Å². The first kappa shape index (κ1) is 18.0. The molecule has 2 unspecified atom stereocenters. The fraction of sp³-hybridized carbons (Fsp3) is 1.00. The number of aliphatic hydroxyl groups is 1. The normalized spacial score (nSPS) is 30.1. The lowest BCUT2D eigenvalue weighted by molar-refractivity contribution is -0.149. The molecule has 2 atom stereocenters. The Morgan fingerprint density at radius 2 is 1.85 bits per heavy atom. The summed E-state index contributed by atoms with van der Waals surface area (Å²) in [6.07, 6.45) is 10.1. The van der Waals surface area contributed by atoms with Crippen molar-refractivity contribution in [1.29, 1.82) is 0 Å². The zero-order chi connectivity index (χ0) is 15.0. The summed E-state index contributed by atoms with van der Waals surface area (Å²) in [7, 11) is 0. The summed E-state index contributed by atoms with van der Waals surface area (Å²) < 4.78 is 6.08. The molecule has 1 aliphatic carbocycles. The van der Waals surface area contributed by atoms with Crippen molar-refractivity contribution in [3.05, 3.63) is 0 Å². The van der Waals surface area contributed by atoms with Crippen molar-refractivity contribution in [3.8, 4) is 0 Å². The highest BCUT2D eigenvalue weighted by molar-refractivity contribution is 4.93. The van der Waals surface area contributed by atoms with Gasteiger partial charge in [0.15, 0.2) is 0 Å². The predicted molar refractivity (Wildman–Crippen MR) is 85.9 cm³/mol. The van der Waals surface area contributed by atoms with Crippen LogP contribution in [0.4, 0.5) is 0 Å². The topological polar surface area (TPSA) is 29.5 Å². The lowest BCUT2D eigenvalue weighted by Crippen LogP contribution is -2.48. The van der Waals surface area contributed by atoms with Gasteiger partial charge in [-0.2, -0.15) is 0 Å². The molecule has 20 heavy (non-hydrogen) atoms. The zero-order valence-electron chi connectivity index (χ0n) is 14.2. The molecule has 0 saturated heterocycles. The average Bonchev–Trinajstić information content (AvgIpc) is 2.46. The maximum Gasteiger partial charge on any atom is 0.0940 e. The molecular formula is C18H36O2. The molecule has 0 aromatic heterocycles. The first-order valence-electron chi connectivity index (χ1n) is 8.89. The summed E-state index contributed by atoms with van der Waals surface area (Å²) >= 11 is 0. The summed E-state index contributed by atoms with van der Waals surface area (Å²) in [5.41, 5.74) is -0.249. The van der Waals surface area contributed by atoms with E-state index in [9.17, 15) is 5.11 Å². The lowest BCUT2D eigenvalue weighted by Gasteiger charge is -2.43. The number of ether oxygens (including phenoxy) is 1. The Labute approximate surface area is 126 Å². The molecule has 0 aromatic rings. The highest BCUT2D eigenvalue weighted by Gasteiger charge is 2.41. The van der Waals surface area contributed by atoms with Gasteiger partial charge in [-0.05, 0) is 50.9 Å². The number of unbranched alkanes of at least 4 members (excludes halogenated alkanes) is 1. The standard InChI is InChI=1S/C18H36O2/c1-5-8-9-16(6-2)14-17(19)18(20-7-3)12-10-15(4)11-13-18/h15-17,19H,5-14H2,1-4H3. The molecule has 2 heteroatoms. The quantitative estimate of drug-likeness (QED) is 0.650. The Balaban J connectivity index is 2.60. The van der Waals surface area contributed by atoms with Crippen LogP contribution in [-0.4, -0.2) is 23.4 Å². The van der Waals surface area contributed by atoms with Crippen molar-refractivity contribution in [2.24, 2.45) is 11.8 Å². The molecule has 2 nitrogen and oxygen atoms in total. The van der Waals surface area contributed by atoms with Crippen LogP contribution < -0.4 is 0 Å². The van der Waals surface area contributed by atoms with Crippen LogP contribution in [-0.2, 0) is 4.74 Å². The van der Waals surface area contributed by atoms with Crippen molar-refractivity contribution in [3.63, 3.8) is 0 Å². The Hall–Kier alpha value is -0.0800. The van der Waals surface area contributed by atoms with E-state index in [-0.39, 0.29) is 11.7 Å². The minimum absolute atomic E-state index is 0.249. The minimum Gasteiger partial charge on any atom is -0.390 e. The van der Waals surface area contributed by atoms with Crippen molar-refractivity contribution in [1.82, 2.24) is 0 Å².